The van der Waals surface area contributed by atoms with Crippen LogP contribution in [0.3, 0.4) is 0 Å². The Morgan fingerprint density at radius 1 is 0.661 bits per heavy atom. The van der Waals surface area contributed by atoms with Gasteiger partial charge in [-0.25, -0.2) is 18.4 Å². The fourth-order valence-electron chi connectivity index (χ4n) is 4.53. The summed E-state index contributed by atoms with van der Waals surface area (Å²) in [6.45, 7) is 6.18. The van der Waals surface area contributed by atoms with E-state index in [1.165, 1.54) is 19.9 Å². The van der Waals surface area contributed by atoms with Gasteiger partial charge in [-0.3, -0.25) is 33.6 Å². The number of thioether (sulfide) groups is 3. The van der Waals surface area contributed by atoms with Gasteiger partial charge in [0.2, 0.25) is 39.0 Å². The zero-order valence-corrected chi connectivity index (χ0v) is 34.1. The Balaban J connectivity index is 2.43. The molecule has 4 N–H and O–H groups in total. The van der Waals surface area contributed by atoms with E-state index >= 15 is 0 Å². The molecule has 0 fully saturated rings. The number of thiol groups is 1. The number of carbonyl (C=O) groups excluding carboxylic acids is 9. The fraction of sp³-hybridized carbons (Fsp3) is 0.400. The van der Waals surface area contributed by atoms with Crippen molar-refractivity contribution in [1.82, 2.24) is 21.3 Å². The van der Waals surface area contributed by atoms with Crippen LogP contribution in [0, 0.1) is 11.6 Å². The molecule has 2 aromatic carbocycles. The maximum atomic E-state index is 14.8. The van der Waals surface area contributed by atoms with Gasteiger partial charge in [0.15, 0.2) is 0 Å². The van der Waals surface area contributed by atoms with Gasteiger partial charge >= 0.3 is 11.9 Å². The number of halogens is 2. The van der Waals surface area contributed by atoms with Crippen molar-refractivity contribution in [3.05, 3.63) is 53.6 Å². The Labute approximate surface area is 339 Å². The maximum Gasteiger partial charge on any atom is 0.334 e. The molecule has 4 atom stereocenters. The van der Waals surface area contributed by atoms with E-state index in [-0.39, 0.29) is 52.1 Å². The van der Waals surface area contributed by atoms with Crippen LogP contribution < -0.4 is 26.0 Å². The minimum atomic E-state index is -1.45. The van der Waals surface area contributed by atoms with Gasteiger partial charge in [0.1, 0.15) is 41.6 Å². The van der Waals surface area contributed by atoms with E-state index in [0.29, 0.717) is 41.4 Å². The third-order valence-corrected chi connectivity index (χ3v) is 10.4. The second-order valence-corrected chi connectivity index (χ2v) is 15.0. The average molecular weight is 859 g/mol. The Morgan fingerprint density at radius 2 is 1.16 bits per heavy atom. The molecule has 15 nitrogen and oxygen atoms in total. The molecule has 0 radical (unpaired) electrons. The highest BCUT2D eigenvalue weighted by Gasteiger charge is 2.30. The van der Waals surface area contributed by atoms with Gasteiger partial charge in [-0.2, -0.15) is 12.6 Å². The lowest BCUT2D eigenvalue weighted by Gasteiger charge is -2.20. The lowest BCUT2D eigenvalue weighted by atomic mass is 10.0. The molecule has 4 unspecified atom stereocenters. The molecule has 0 heterocycles. The first-order valence-corrected chi connectivity index (χ1v) is 20.1. The topological polar surface area (TPSA) is 220 Å². The molecular formula is C35H40F2N4O11S4. The van der Waals surface area contributed by atoms with E-state index in [4.69, 9.17) is 9.47 Å². The summed E-state index contributed by atoms with van der Waals surface area (Å²) in [6.07, 6.45) is 0. The lowest BCUT2D eigenvalue weighted by molar-refractivity contribution is -0.146. The first-order valence-electron chi connectivity index (χ1n) is 16.5. The van der Waals surface area contributed by atoms with Crippen molar-refractivity contribution in [2.24, 2.45) is 0 Å². The van der Waals surface area contributed by atoms with Crippen molar-refractivity contribution in [3.63, 3.8) is 0 Å². The number of amides is 4. The number of nitrogens with one attached hydrogen (secondary N) is 4. The summed E-state index contributed by atoms with van der Waals surface area (Å²) in [6, 6.07) is 1.39. The molecule has 2 rings (SSSR count). The summed E-state index contributed by atoms with van der Waals surface area (Å²) in [5.74, 6) is -7.52. The predicted molar refractivity (Wildman–Crippen MR) is 210 cm³/mol. The van der Waals surface area contributed by atoms with Crippen LogP contribution in [0.4, 0.5) is 8.78 Å². The summed E-state index contributed by atoms with van der Waals surface area (Å²) < 4.78 is 39.0. The van der Waals surface area contributed by atoms with Crippen LogP contribution >= 0.6 is 47.9 Å². The number of hydrogen-bond donors (Lipinski definition) is 5. The zero-order valence-electron chi connectivity index (χ0n) is 30.7. The zero-order chi connectivity index (χ0) is 42.1. The van der Waals surface area contributed by atoms with Gasteiger partial charge < -0.3 is 30.7 Å². The fourth-order valence-corrected chi connectivity index (χ4v) is 7.67. The largest absolute Gasteiger partial charge is 0.464 e. The molecule has 4 amide bonds. The van der Waals surface area contributed by atoms with Crippen molar-refractivity contribution in [3.8, 4) is 16.9 Å². The summed E-state index contributed by atoms with van der Waals surface area (Å²) in [4.78, 5) is 113. The van der Waals surface area contributed by atoms with Gasteiger partial charge in [-0.05, 0) is 36.8 Å². The highest BCUT2D eigenvalue weighted by molar-refractivity contribution is 8.15. The van der Waals surface area contributed by atoms with Gasteiger partial charge in [0.25, 0.3) is 0 Å². The van der Waals surface area contributed by atoms with Crippen LogP contribution in [-0.2, 0) is 43.1 Å². The van der Waals surface area contributed by atoms with Crippen molar-refractivity contribution < 1.29 is 61.4 Å². The molecule has 0 aliphatic rings. The summed E-state index contributed by atoms with van der Waals surface area (Å²) in [5.41, 5.74) is -0.384. The summed E-state index contributed by atoms with van der Waals surface area (Å²) >= 11 is 5.76. The van der Waals surface area contributed by atoms with Crippen molar-refractivity contribution in [2.45, 2.75) is 58.8 Å². The quantitative estimate of drug-likeness (QED) is 0.0779. The van der Waals surface area contributed by atoms with Crippen LogP contribution in [0.1, 0.15) is 45.0 Å². The van der Waals surface area contributed by atoms with E-state index in [2.05, 4.69) is 33.9 Å². The van der Waals surface area contributed by atoms with E-state index in [9.17, 15) is 51.9 Å². The smallest absolute Gasteiger partial charge is 0.334 e. The first-order chi connectivity index (χ1) is 26.4. The SMILES string of the molecule is CCOC(=O)C(CSC(=O)C(CSC(=O)c1cc(-c2ccc(F)cc2F)ccc1OC(=O)C(CSC(=O)C(CS)NC(C)=O)NC(C)=O)NC(C)=O)NC(C)=O. The van der Waals surface area contributed by atoms with E-state index in [1.54, 1.807) is 6.92 Å². The van der Waals surface area contributed by atoms with Gasteiger partial charge in [0, 0.05) is 62.3 Å². The Morgan fingerprint density at radius 3 is 1.68 bits per heavy atom. The van der Waals surface area contributed by atoms with E-state index in [0.717, 1.165) is 38.1 Å². The number of ether oxygens (including phenoxy) is 2. The minimum Gasteiger partial charge on any atom is -0.464 e. The molecule has 0 bridgehead atoms. The van der Waals surface area contributed by atoms with Crippen LogP contribution in [0.2, 0.25) is 0 Å². The van der Waals surface area contributed by atoms with Crippen molar-refractivity contribution in [2.75, 3.05) is 29.6 Å². The van der Waals surface area contributed by atoms with Gasteiger partial charge in [0.05, 0.1) is 12.2 Å². The summed E-state index contributed by atoms with van der Waals surface area (Å²) in [5, 5.41) is 7.51. The monoisotopic (exact) mass is 858 g/mol. The lowest BCUT2D eigenvalue weighted by Crippen LogP contribution is -2.45. The van der Waals surface area contributed by atoms with Crippen LogP contribution in [-0.4, -0.2) is 105 Å². The van der Waals surface area contributed by atoms with Crippen molar-refractivity contribution in [1.29, 1.82) is 0 Å². The highest BCUT2D eigenvalue weighted by Crippen LogP contribution is 2.32. The molecule has 0 saturated carbocycles. The third-order valence-electron chi connectivity index (χ3n) is 6.93. The normalized spacial score (nSPS) is 12.9. The number of benzene rings is 2. The second kappa shape index (κ2) is 23.6. The maximum absolute atomic E-state index is 14.8. The van der Waals surface area contributed by atoms with E-state index < -0.39 is 86.7 Å². The number of hydrogen-bond acceptors (Lipinski definition) is 15. The highest BCUT2D eigenvalue weighted by atomic mass is 32.2. The van der Waals surface area contributed by atoms with Gasteiger partial charge in [-0.15, -0.1) is 0 Å². The number of carbonyl (C=O) groups is 9. The first kappa shape index (κ1) is 47.7. The molecule has 0 aromatic heterocycles. The van der Waals surface area contributed by atoms with E-state index in [1.807, 2.05) is 0 Å². The molecule has 304 valence electrons. The Hall–Kier alpha value is -4.47. The Kier molecular flexibility index (Phi) is 20.1. The molecule has 56 heavy (non-hydrogen) atoms. The molecular weight excluding hydrogens is 819 g/mol. The average Bonchev–Trinajstić information content (AvgIpc) is 3.11. The third kappa shape index (κ3) is 15.9. The molecule has 2 aromatic rings. The summed E-state index contributed by atoms with van der Waals surface area (Å²) in [7, 11) is 0. The van der Waals surface area contributed by atoms with Gasteiger partial charge in [-0.1, -0.05) is 41.4 Å². The van der Waals surface area contributed by atoms with Crippen LogP contribution in [0.15, 0.2) is 36.4 Å². The predicted octanol–water partition coefficient (Wildman–Crippen LogP) is 2.44. The molecule has 21 heteroatoms. The molecule has 0 spiro atoms. The number of esters is 2. The number of rotatable bonds is 19. The van der Waals surface area contributed by atoms with Crippen LogP contribution in [0.5, 0.6) is 5.75 Å². The standard InChI is InChI=1S/C35H40F2N4O11S4/c1-6-51-31(46)27(39-18(3)43)14-56-35(50)29(41-20(5)45)16-54-33(48)24-11-21(23-9-8-22(36)12-25(23)37)7-10-30(24)52-32(47)28(40-19(4)44)15-55-34(49)26(13-53)38-17(2)42/h7-12,26-29,53H,6,13-16H2,1-5H3,(H,38,42)(H,39,43)(H,40,44)(H,41,45). The van der Waals surface area contributed by atoms with Crippen molar-refractivity contribution >= 4 is 98.8 Å². The molecule has 0 saturated heterocycles. The van der Waals surface area contributed by atoms with Crippen LogP contribution in [0.25, 0.3) is 11.1 Å². The minimum absolute atomic E-state index is 0.0103. The Bertz CT molecular complexity index is 1840. The molecule has 0 aliphatic heterocycles. The second-order valence-electron chi connectivity index (χ2n) is 11.6. The molecule has 0 aliphatic carbocycles.